The number of hydrogen-bond acceptors (Lipinski definition) is 4. The lowest BCUT2D eigenvalue weighted by atomic mass is 10.1. The third-order valence-corrected chi connectivity index (χ3v) is 4.84. The van der Waals surface area contributed by atoms with E-state index in [2.05, 4.69) is 12.2 Å². The van der Waals surface area contributed by atoms with Gasteiger partial charge < -0.3 is 10.1 Å². The number of nitro groups is 1. The minimum atomic E-state index is -0.495. The highest BCUT2D eigenvalue weighted by Crippen LogP contribution is 2.25. The van der Waals surface area contributed by atoms with E-state index in [4.69, 9.17) is 4.74 Å². The molecule has 0 aliphatic carbocycles. The molecule has 0 saturated carbocycles. The third-order valence-electron chi connectivity index (χ3n) is 4.84. The van der Waals surface area contributed by atoms with Gasteiger partial charge in [-0.3, -0.25) is 14.9 Å². The van der Waals surface area contributed by atoms with E-state index in [0.29, 0.717) is 24.8 Å². The van der Waals surface area contributed by atoms with Crippen LogP contribution in [0.25, 0.3) is 0 Å². The molecule has 0 fully saturated rings. The second-order valence-electron chi connectivity index (χ2n) is 8.07. The Morgan fingerprint density at radius 3 is 2.17 bits per heavy atom. The van der Waals surface area contributed by atoms with Gasteiger partial charge in [-0.2, -0.15) is 0 Å². The number of nitro benzene ring substituents is 1. The van der Waals surface area contributed by atoms with Crippen LogP contribution in [0.15, 0.2) is 18.2 Å². The Labute approximate surface area is 175 Å². The van der Waals surface area contributed by atoms with E-state index in [9.17, 15) is 14.9 Å². The van der Waals surface area contributed by atoms with Crippen LogP contribution in [0.4, 0.5) is 5.69 Å². The molecule has 1 aromatic carbocycles. The monoisotopic (exact) mass is 406 g/mol. The lowest BCUT2D eigenvalue weighted by Crippen LogP contribution is -2.27. The lowest BCUT2D eigenvalue weighted by Gasteiger charge is -2.13. The summed E-state index contributed by atoms with van der Waals surface area (Å²) in [6.07, 6.45) is 12.4. The minimum absolute atomic E-state index is 0.106. The number of non-ortho nitro benzene ring substituents is 1. The Morgan fingerprint density at radius 2 is 1.62 bits per heavy atom. The first-order chi connectivity index (χ1) is 14.0. The van der Waals surface area contributed by atoms with Gasteiger partial charge >= 0.3 is 0 Å². The van der Waals surface area contributed by atoms with Crippen molar-refractivity contribution in [2.45, 2.75) is 85.0 Å². The average molecular weight is 407 g/mol. The fourth-order valence-corrected chi connectivity index (χ4v) is 3.10. The molecule has 0 spiro atoms. The van der Waals surface area contributed by atoms with E-state index in [1.807, 2.05) is 13.8 Å². The van der Waals surface area contributed by atoms with Crippen molar-refractivity contribution in [3.8, 4) is 5.75 Å². The van der Waals surface area contributed by atoms with Crippen LogP contribution in [-0.2, 0) is 0 Å². The summed E-state index contributed by atoms with van der Waals surface area (Å²) in [7, 11) is 0. The van der Waals surface area contributed by atoms with Gasteiger partial charge in [0.15, 0.2) is 0 Å². The first kappa shape index (κ1) is 24.9. The van der Waals surface area contributed by atoms with E-state index in [-0.39, 0.29) is 17.2 Å². The second-order valence-corrected chi connectivity index (χ2v) is 8.07. The Kier molecular flexibility index (Phi) is 12.7. The van der Waals surface area contributed by atoms with Gasteiger partial charge in [0.2, 0.25) is 0 Å². The average Bonchev–Trinajstić information content (AvgIpc) is 2.70. The Bertz CT molecular complexity index is 617. The zero-order chi connectivity index (χ0) is 21.5. The zero-order valence-corrected chi connectivity index (χ0v) is 18.4. The topological polar surface area (TPSA) is 81.5 Å². The molecule has 1 aromatic rings. The summed E-state index contributed by atoms with van der Waals surface area (Å²) < 4.78 is 5.79. The molecule has 0 aliphatic heterocycles. The highest BCUT2D eigenvalue weighted by molar-refractivity contribution is 5.97. The van der Waals surface area contributed by atoms with Crippen LogP contribution < -0.4 is 10.1 Å². The number of rotatable bonds is 16. The number of benzene rings is 1. The molecule has 6 nitrogen and oxygen atoms in total. The summed E-state index contributed by atoms with van der Waals surface area (Å²) in [4.78, 5) is 23.0. The van der Waals surface area contributed by atoms with Crippen molar-refractivity contribution in [2.75, 3.05) is 13.2 Å². The number of hydrogen-bond donors (Lipinski definition) is 1. The van der Waals surface area contributed by atoms with Crippen molar-refractivity contribution in [1.29, 1.82) is 0 Å². The maximum absolute atomic E-state index is 12.4. The van der Waals surface area contributed by atoms with E-state index in [1.54, 1.807) is 0 Å². The van der Waals surface area contributed by atoms with Gasteiger partial charge in [-0.25, -0.2) is 0 Å². The Balaban J connectivity index is 2.40. The summed E-state index contributed by atoms with van der Waals surface area (Å²) >= 11 is 0. The van der Waals surface area contributed by atoms with E-state index in [1.165, 1.54) is 69.6 Å². The number of nitrogens with one attached hydrogen (secondary N) is 1. The van der Waals surface area contributed by atoms with Crippen molar-refractivity contribution in [3.63, 3.8) is 0 Å². The second kappa shape index (κ2) is 14.8. The quantitative estimate of drug-likeness (QED) is 0.199. The molecule has 0 saturated heterocycles. The molecule has 164 valence electrons. The fourth-order valence-electron chi connectivity index (χ4n) is 3.10. The van der Waals surface area contributed by atoms with Crippen molar-refractivity contribution in [3.05, 3.63) is 33.9 Å². The van der Waals surface area contributed by atoms with Crippen molar-refractivity contribution in [2.24, 2.45) is 5.92 Å². The Hall–Kier alpha value is -2.11. The van der Waals surface area contributed by atoms with E-state index >= 15 is 0 Å². The van der Waals surface area contributed by atoms with Gasteiger partial charge in [-0.15, -0.1) is 0 Å². The highest BCUT2D eigenvalue weighted by atomic mass is 16.6. The maximum Gasteiger partial charge on any atom is 0.270 e. The van der Waals surface area contributed by atoms with Gasteiger partial charge in [-0.05, 0) is 18.4 Å². The smallest absolute Gasteiger partial charge is 0.270 e. The SMILES string of the molecule is CCCCCCCCCCCCOc1ccc([N+](=O)[O-])cc1C(=O)NCC(C)C. The number of ether oxygens (including phenoxy) is 1. The first-order valence-electron chi connectivity index (χ1n) is 11.1. The molecule has 1 rings (SSSR count). The van der Waals surface area contributed by atoms with Crippen LogP contribution in [-0.4, -0.2) is 24.0 Å². The summed E-state index contributed by atoms with van der Waals surface area (Å²) in [5, 5.41) is 13.9. The summed E-state index contributed by atoms with van der Waals surface area (Å²) in [5.74, 6) is 0.377. The molecular weight excluding hydrogens is 368 g/mol. The number of nitrogens with zero attached hydrogens (tertiary/aromatic N) is 1. The number of carbonyl (C=O) groups is 1. The molecule has 0 atom stereocenters. The molecule has 0 radical (unpaired) electrons. The third kappa shape index (κ3) is 10.9. The van der Waals surface area contributed by atoms with E-state index < -0.39 is 4.92 Å². The molecule has 29 heavy (non-hydrogen) atoms. The molecule has 1 N–H and O–H groups in total. The van der Waals surface area contributed by atoms with Gasteiger partial charge in [0.25, 0.3) is 11.6 Å². The van der Waals surface area contributed by atoms with E-state index in [0.717, 1.165) is 12.8 Å². The van der Waals surface area contributed by atoms with Gasteiger partial charge in [0.1, 0.15) is 5.75 Å². The molecule has 0 aliphatic rings. The highest BCUT2D eigenvalue weighted by Gasteiger charge is 2.18. The number of unbranched alkanes of at least 4 members (excludes halogenated alkanes) is 9. The molecular formula is C23H38N2O4. The van der Waals surface area contributed by atoms with Crippen molar-refractivity contribution >= 4 is 11.6 Å². The van der Waals surface area contributed by atoms with Crippen LogP contribution in [0.3, 0.4) is 0 Å². The number of carbonyl (C=O) groups excluding carboxylic acids is 1. The summed E-state index contributed by atoms with van der Waals surface area (Å²) in [6, 6.07) is 4.20. The standard InChI is InChI=1S/C23H38N2O4/c1-4-5-6-7-8-9-10-11-12-13-16-29-22-15-14-20(25(27)28)17-21(22)23(26)24-18-19(2)3/h14-15,17,19H,4-13,16,18H2,1-3H3,(H,24,26). The minimum Gasteiger partial charge on any atom is -0.493 e. The zero-order valence-electron chi connectivity index (χ0n) is 18.4. The van der Waals surface area contributed by atoms with Gasteiger partial charge in [0.05, 0.1) is 17.1 Å². The van der Waals surface area contributed by atoms with Crippen LogP contribution in [0.2, 0.25) is 0 Å². The fraction of sp³-hybridized carbons (Fsp3) is 0.696. The molecule has 1 amide bonds. The molecule has 6 heteroatoms. The van der Waals surface area contributed by atoms with Gasteiger partial charge in [-0.1, -0.05) is 78.6 Å². The molecule has 0 aromatic heterocycles. The molecule has 0 unspecified atom stereocenters. The predicted octanol–water partition coefficient (Wildman–Crippen LogP) is 6.28. The van der Waals surface area contributed by atoms with Crippen molar-refractivity contribution < 1.29 is 14.5 Å². The van der Waals surface area contributed by atoms with Gasteiger partial charge in [0, 0.05) is 18.7 Å². The normalized spacial score (nSPS) is 10.9. The van der Waals surface area contributed by atoms with Crippen LogP contribution in [0.5, 0.6) is 5.75 Å². The molecule has 0 heterocycles. The molecule has 0 bridgehead atoms. The van der Waals surface area contributed by atoms with Crippen LogP contribution >= 0.6 is 0 Å². The maximum atomic E-state index is 12.4. The van der Waals surface area contributed by atoms with Crippen LogP contribution in [0.1, 0.15) is 95.3 Å². The number of amides is 1. The Morgan fingerprint density at radius 1 is 1.03 bits per heavy atom. The van der Waals surface area contributed by atoms with Crippen molar-refractivity contribution in [1.82, 2.24) is 5.32 Å². The largest absolute Gasteiger partial charge is 0.493 e. The predicted molar refractivity (Wildman–Crippen MR) is 118 cm³/mol. The first-order valence-corrected chi connectivity index (χ1v) is 11.1. The lowest BCUT2D eigenvalue weighted by molar-refractivity contribution is -0.384. The summed E-state index contributed by atoms with van der Waals surface area (Å²) in [6.45, 7) is 7.25. The summed E-state index contributed by atoms with van der Waals surface area (Å²) in [5.41, 5.74) is 0.123. The van der Waals surface area contributed by atoms with Crippen LogP contribution in [0, 0.1) is 16.0 Å².